The zero-order valence-corrected chi connectivity index (χ0v) is 16.9. The third-order valence-electron chi connectivity index (χ3n) is 4.51. The Morgan fingerprint density at radius 2 is 2.08 bits per heavy atom. The van der Waals surface area contributed by atoms with Gasteiger partial charge in [0.15, 0.2) is 15.8 Å². The first-order valence-corrected chi connectivity index (χ1v) is 11.4. The van der Waals surface area contributed by atoms with Crippen molar-refractivity contribution in [1.29, 1.82) is 0 Å². The average molecular weight is 384 g/mol. The number of aliphatic imine (C=N–C) groups is 1. The van der Waals surface area contributed by atoms with Gasteiger partial charge in [-0.25, -0.2) is 8.42 Å². The summed E-state index contributed by atoms with van der Waals surface area (Å²) in [6.45, 7) is 5.08. The molecule has 2 rings (SSSR count). The lowest BCUT2D eigenvalue weighted by Gasteiger charge is -2.26. The Morgan fingerprint density at radius 3 is 2.64 bits per heavy atom. The van der Waals surface area contributed by atoms with Crippen molar-refractivity contribution in [3.63, 3.8) is 0 Å². The third-order valence-corrected chi connectivity index (χ3v) is 7.88. The monoisotopic (exact) mass is 383 g/mol. The predicted octanol–water partition coefficient (Wildman–Crippen LogP) is 2.69. The van der Waals surface area contributed by atoms with Gasteiger partial charge in [0, 0.05) is 24.4 Å². The van der Waals surface area contributed by atoms with E-state index in [0.717, 1.165) is 6.54 Å². The molecule has 0 aliphatic carbocycles. The van der Waals surface area contributed by atoms with E-state index in [4.69, 9.17) is 0 Å². The molecule has 25 heavy (non-hydrogen) atoms. The van der Waals surface area contributed by atoms with Crippen molar-refractivity contribution >= 4 is 27.6 Å². The lowest BCUT2D eigenvalue weighted by molar-refractivity contribution is 0.557. The number of thioether (sulfide) groups is 1. The highest BCUT2D eigenvalue weighted by Crippen LogP contribution is 2.36. The molecule has 140 valence electrons. The van der Waals surface area contributed by atoms with Crippen molar-refractivity contribution < 1.29 is 8.42 Å². The summed E-state index contributed by atoms with van der Waals surface area (Å²) >= 11 is 1.99. The summed E-state index contributed by atoms with van der Waals surface area (Å²) in [6, 6.07) is 8.44. The lowest BCUT2D eigenvalue weighted by Crippen LogP contribution is -2.49. The summed E-state index contributed by atoms with van der Waals surface area (Å²) in [5.41, 5.74) is 0. The highest BCUT2D eigenvalue weighted by molar-refractivity contribution is 8.00. The smallest absolute Gasteiger partial charge is 0.191 e. The summed E-state index contributed by atoms with van der Waals surface area (Å²) in [4.78, 5) is 4.63. The number of rotatable bonds is 7. The first kappa shape index (κ1) is 20.1. The zero-order chi connectivity index (χ0) is 18.3. The Balaban J connectivity index is 1.95. The Kier molecular flexibility index (Phi) is 7.19. The molecule has 1 aromatic rings. The molecule has 2 N–H and O–H groups in total. The van der Waals surface area contributed by atoms with Crippen LogP contribution in [0.4, 0.5) is 0 Å². The summed E-state index contributed by atoms with van der Waals surface area (Å²) in [5.74, 6) is 1.93. The Labute approximate surface area is 156 Å². The van der Waals surface area contributed by atoms with Gasteiger partial charge >= 0.3 is 0 Å². The van der Waals surface area contributed by atoms with E-state index in [1.165, 1.54) is 18.6 Å². The second-order valence-corrected chi connectivity index (χ2v) is 10.4. The minimum Gasteiger partial charge on any atom is -0.355 e. The quantitative estimate of drug-likeness (QED) is 0.560. The van der Waals surface area contributed by atoms with Gasteiger partial charge < -0.3 is 10.6 Å². The van der Waals surface area contributed by atoms with E-state index in [2.05, 4.69) is 22.5 Å². The minimum atomic E-state index is -3.32. The Hall–Kier alpha value is -1.21. The predicted molar refractivity (Wildman–Crippen MR) is 107 cm³/mol. The first-order chi connectivity index (χ1) is 11.9. The lowest BCUT2D eigenvalue weighted by atomic mass is 10.1. The first-order valence-electron chi connectivity index (χ1n) is 8.77. The van der Waals surface area contributed by atoms with Crippen molar-refractivity contribution in [3.05, 3.63) is 30.3 Å². The summed E-state index contributed by atoms with van der Waals surface area (Å²) < 4.78 is 25.4. The van der Waals surface area contributed by atoms with Crippen LogP contribution in [0.25, 0.3) is 0 Å². The molecule has 2 unspecified atom stereocenters. The molecule has 0 radical (unpaired) electrons. The molecule has 1 aliphatic rings. The van der Waals surface area contributed by atoms with E-state index in [1.54, 1.807) is 31.3 Å². The fourth-order valence-corrected chi connectivity index (χ4v) is 5.74. The fourth-order valence-electron chi connectivity index (χ4n) is 2.89. The molecule has 0 bridgehead atoms. The van der Waals surface area contributed by atoms with Crippen LogP contribution < -0.4 is 10.6 Å². The van der Waals surface area contributed by atoms with Crippen molar-refractivity contribution in [2.75, 3.05) is 25.1 Å². The molecule has 5 nitrogen and oxygen atoms in total. The van der Waals surface area contributed by atoms with E-state index >= 15 is 0 Å². The second kappa shape index (κ2) is 8.94. The van der Waals surface area contributed by atoms with Crippen LogP contribution in [0.2, 0.25) is 0 Å². The highest BCUT2D eigenvalue weighted by Gasteiger charge is 2.29. The molecule has 1 heterocycles. The van der Waals surface area contributed by atoms with Gasteiger partial charge in [0.2, 0.25) is 0 Å². The van der Waals surface area contributed by atoms with Crippen molar-refractivity contribution in [2.45, 2.75) is 48.8 Å². The number of hydrogen-bond donors (Lipinski definition) is 2. The summed E-state index contributed by atoms with van der Waals surface area (Å²) in [7, 11) is -1.60. The number of nitrogens with one attached hydrogen (secondary N) is 2. The van der Waals surface area contributed by atoms with Gasteiger partial charge in [-0.1, -0.05) is 25.1 Å². The number of sulfone groups is 1. The van der Waals surface area contributed by atoms with E-state index in [-0.39, 0.29) is 16.5 Å². The normalized spacial score (nSPS) is 22.6. The molecule has 1 fully saturated rings. The van der Waals surface area contributed by atoms with E-state index in [0.29, 0.717) is 17.3 Å². The molecule has 1 saturated heterocycles. The van der Waals surface area contributed by atoms with Crippen LogP contribution in [0.15, 0.2) is 40.2 Å². The highest BCUT2D eigenvalue weighted by atomic mass is 32.2. The van der Waals surface area contributed by atoms with Crippen LogP contribution in [0.1, 0.15) is 33.1 Å². The number of guanidine groups is 1. The molecule has 2 atom stereocenters. The molecule has 7 heteroatoms. The van der Waals surface area contributed by atoms with Gasteiger partial charge in [-0.05, 0) is 44.1 Å². The van der Waals surface area contributed by atoms with Gasteiger partial charge in [-0.3, -0.25) is 4.99 Å². The van der Waals surface area contributed by atoms with Gasteiger partial charge in [0.1, 0.15) is 0 Å². The van der Waals surface area contributed by atoms with Crippen LogP contribution >= 0.6 is 11.8 Å². The minimum absolute atomic E-state index is 0.0558. The molecular formula is C18H29N3O2S2. The number of hydrogen-bond acceptors (Lipinski definition) is 4. The van der Waals surface area contributed by atoms with E-state index in [1.807, 2.05) is 24.8 Å². The molecule has 1 aliphatic heterocycles. The van der Waals surface area contributed by atoms with Crippen molar-refractivity contribution in [1.82, 2.24) is 10.6 Å². The van der Waals surface area contributed by atoms with Gasteiger partial charge in [0.25, 0.3) is 0 Å². The number of benzene rings is 1. The van der Waals surface area contributed by atoms with E-state index < -0.39 is 9.84 Å². The zero-order valence-electron chi connectivity index (χ0n) is 15.3. The Bertz CT molecular complexity index is 669. The van der Waals surface area contributed by atoms with Crippen LogP contribution in [0, 0.1) is 0 Å². The number of nitrogens with zero attached hydrogens (tertiary/aromatic N) is 1. The maximum Gasteiger partial charge on any atom is 0.191 e. The van der Waals surface area contributed by atoms with Crippen LogP contribution in [0.3, 0.4) is 0 Å². The summed E-state index contributed by atoms with van der Waals surface area (Å²) in [6.07, 6.45) is 3.15. The average Bonchev–Trinajstić information content (AvgIpc) is 3.05. The van der Waals surface area contributed by atoms with Gasteiger partial charge in [-0.15, -0.1) is 0 Å². The molecule has 0 spiro atoms. The standard InChI is InChI=1S/C18H29N3O2S2/c1-4-15(13-25(22,23)16-9-6-5-7-10-16)21-17(19-3)20-14-18(2)11-8-12-24-18/h5-7,9-10,15H,4,8,11-14H2,1-3H3,(H2,19,20,21). The molecular weight excluding hydrogens is 354 g/mol. The van der Waals surface area contributed by atoms with Crippen LogP contribution in [0.5, 0.6) is 0 Å². The molecule has 0 aromatic heterocycles. The topological polar surface area (TPSA) is 70.6 Å². The van der Waals surface area contributed by atoms with Crippen molar-refractivity contribution in [3.8, 4) is 0 Å². The largest absolute Gasteiger partial charge is 0.355 e. The van der Waals surface area contributed by atoms with Crippen LogP contribution in [-0.4, -0.2) is 50.3 Å². The Morgan fingerprint density at radius 1 is 1.36 bits per heavy atom. The van der Waals surface area contributed by atoms with Gasteiger partial charge in [0.05, 0.1) is 10.6 Å². The van der Waals surface area contributed by atoms with Gasteiger partial charge in [-0.2, -0.15) is 11.8 Å². The fraction of sp³-hybridized carbons (Fsp3) is 0.611. The maximum atomic E-state index is 12.6. The van der Waals surface area contributed by atoms with Crippen molar-refractivity contribution in [2.24, 2.45) is 4.99 Å². The second-order valence-electron chi connectivity index (χ2n) is 6.67. The summed E-state index contributed by atoms with van der Waals surface area (Å²) in [5, 5.41) is 6.64. The van der Waals surface area contributed by atoms with Crippen LogP contribution in [-0.2, 0) is 9.84 Å². The molecule has 1 aromatic carbocycles. The maximum absolute atomic E-state index is 12.6. The third kappa shape index (κ3) is 5.92. The SMILES string of the molecule is CCC(CS(=O)(=O)c1ccccc1)NC(=NC)NCC1(C)CCCS1. The molecule has 0 saturated carbocycles. The molecule has 0 amide bonds. The van der Waals surface area contributed by atoms with E-state index in [9.17, 15) is 8.42 Å².